The van der Waals surface area contributed by atoms with Crippen LogP contribution in [0.1, 0.15) is 26.3 Å². The molecule has 4 nitrogen and oxygen atoms in total. The van der Waals surface area contributed by atoms with Crippen molar-refractivity contribution in [3.63, 3.8) is 0 Å². The molecule has 0 aliphatic rings. The van der Waals surface area contributed by atoms with Crippen LogP contribution < -0.4 is 10.1 Å². The van der Waals surface area contributed by atoms with Gasteiger partial charge in [-0.15, -0.1) is 0 Å². The average Bonchev–Trinajstić information content (AvgIpc) is 2.36. The highest BCUT2D eigenvalue weighted by Gasteiger charge is 2.25. The molecular weight excluding hydrogens is 280 g/mol. The third-order valence-corrected chi connectivity index (χ3v) is 3.38. The first-order valence-corrected chi connectivity index (χ1v) is 6.73. The summed E-state index contributed by atoms with van der Waals surface area (Å²) in [7, 11) is 0. The monoisotopic (exact) mass is 301 g/mol. The SMILES string of the molecule is CC(C)C(C)(O)CNC(=O)Cc1cccc(OC(F)F)c1. The summed E-state index contributed by atoms with van der Waals surface area (Å²) in [6.45, 7) is 2.61. The highest BCUT2D eigenvalue weighted by Crippen LogP contribution is 2.17. The molecule has 0 spiro atoms. The first kappa shape index (κ1) is 17.4. The van der Waals surface area contributed by atoms with Crippen LogP contribution in [0.2, 0.25) is 0 Å². The fourth-order valence-electron chi connectivity index (χ4n) is 1.56. The van der Waals surface area contributed by atoms with Crippen molar-refractivity contribution < 1.29 is 23.4 Å². The van der Waals surface area contributed by atoms with E-state index < -0.39 is 12.2 Å². The third-order valence-electron chi connectivity index (χ3n) is 3.38. The molecule has 1 amide bonds. The molecule has 6 heteroatoms. The normalized spacial score (nSPS) is 14.1. The van der Waals surface area contributed by atoms with Crippen molar-refractivity contribution in [2.24, 2.45) is 5.92 Å². The molecule has 0 bridgehead atoms. The zero-order valence-corrected chi connectivity index (χ0v) is 12.4. The smallest absolute Gasteiger partial charge is 0.387 e. The molecule has 1 atom stereocenters. The quantitative estimate of drug-likeness (QED) is 0.813. The minimum atomic E-state index is -2.89. The Hall–Kier alpha value is -1.69. The maximum absolute atomic E-state index is 12.1. The minimum absolute atomic E-state index is 0.000528. The molecular formula is C15H21F2NO3. The van der Waals surface area contributed by atoms with Gasteiger partial charge in [0.15, 0.2) is 0 Å². The third kappa shape index (κ3) is 6.08. The largest absolute Gasteiger partial charge is 0.435 e. The number of aliphatic hydroxyl groups is 1. The van der Waals surface area contributed by atoms with Crippen LogP contribution >= 0.6 is 0 Å². The Labute approximate surface area is 123 Å². The molecule has 118 valence electrons. The summed E-state index contributed by atoms with van der Waals surface area (Å²) in [4.78, 5) is 11.8. The molecule has 1 rings (SSSR count). The molecule has 1 aromatic carbocycles. The van der Waals surface area contributed by atoms with Crippen LogP contribution in [0, 0.1) is 5.92 Å². The average molecular weight is 301 g/mol. The minimum Gasteiger partial charge on any atom is -0.435 e. The summed E-state index contributed by atoms with van der Waals surface area (Å²) in [6, 6.07) is 5.99. The molecule has 0 aliphatic carbocycles. The molecule has 0 aliphatic heterocycles. The van der Waals surface area contributed by atoms with Crippen molar-refractivity contribution in [3.05, 3.63) is 29.8 Å². The number of carbonyl (C=O) groups excluding carboxylic acids is 1. The fraction of sp³-hybridized carbons (Fsp3) is 0.533. The molecule has 0 fully saturated rings. The predicted molar refractivity (Wildman–Crippen MR) is 75.2 cm³/mol. The summed E-state index contributed by atoms with van der Waals surface area (Å²) in [5.41, 5.74) is -0.425. The summed E-state index contributed by atoms with van der Waals surface area (Å²) in [5, 5.41) is 12.7. The van der Waals surface area contributed by atoms with Crippen molar-refractivity contribution in [2.45, 2.75) is 39.4 Å². The van der Waals surface area contributed by atoms with Crippen LogP contribution in [0.15, 0.2) is 24.3 Å². The van der Waals surface area contributed by atoms with E-state index in [-0.39, 0.29) is 30.5 Å². The Morgan fingerprint density at radius 3 is 2.67 bits per heavy atom. The van der Waals surface area contributed by atoms with E-state index in [1.165, 1.54) is 12.1 Å². The fourth-order valence-corrected chi connectivity index (χ4v) is 1.56. The van der Waals surface area contributed by atoms with Gasteiger partial charge in [-0.2, -0.15) is 8.78 Å². The highest BCUT2D eigenvalue weighted by molar-refractivity contribution is 5.78. The van der Waals surface area contributed by atoms with Gasteiger partial charge in [-0.1, -0.05) is 26.0 Å². The number of halogens is 2. The van der Waals surface area contributed by atoms with Crippen LogP contribution in [0.25, 0.3) is 0 Å². The van der Waals surface area contributed by atoms with Gasteiger partial charge < -0.3 is 15.2 Å². The second-order valence-electron chi connectivity index (χ2n) is 5.49. The lowest BCUT2D eigenvalue weighted by molar-refractivity contribution is -0.122. The van der Waals surface area contributed by atoms with E-state index in [2.05, 4.69) is 10.1 Å². The van der Waals surface area contributed by atoms with Gasteiger partial charge in [-0.3, -0.25) is 4.79 Å². The van der Waals surface area contributed by atoms with Crippen LogP contribution in [0.5, 0.6) is 5.75 Å². The van der Waals surface area contributed by atoms with E-state index in [0.717, 1.165) is 0 Å². The van der Waals surface area contributed by atoms with Crippen LogP contribution in [-0.2, 0) is 11.2 Å². The number of benzene rings is 1. The summed E-state index contributed by atoms with van der Waals surface area (Å²) < 4.78 is 28.5. The topological polar surface area (TPSA) is 58.6 Å². The Balaban J connectivity index is 2.55. The van der Waals surface area contributed by atoms with Gasteiger partial charge in [0.25, 0.3) is 0 Å². The lowest BCUT2D eigenvalue weighted by atomic mass is 9.92. The molecule has 2 N–H and O–H groups in total. The molecule has 1 aromatic rings. The zero-order valence-electron chi connectivity index (χ0n) is 12.4. The van der Waals surface area contributed by atoms with Crippen molar-refractivity contribution in [3.8, 4) is 5.75 Å². The highest BCUT2D eigenvalue weighted by atomic mass is 19.3. The standard InChI is InChI=1S/C15H21F2NO3/c1-10(2)15(3,20)9-18-13(19)8-11-5-4-6-12(7-11)21-14(16)17/h4-7,10,14,20H,8-9H2,1-3H3,(H,18,19). The van der Waals surface area contributed by atoms with Crippen molar-refractivity contribution >= 4 is 5.91 Å². The van der Waals surface area contributed by atoms with Crippen molar-refractivity contribution in [1.82, 2.24) is 5.32 Å². The second-order valence-corrected chi connectivity index (χ2v) is 5.49. The number of rotatable bonds is 7. The van der Waals surface area contributed by atoms with Crippen molar-refractivity contribution in [1.29, 1.82) is 0 Å². The summed E-state index contributed by atoms with van der Waals surface area (Å²) in [6.07, 6.45) is 0.0363. The predicted octanol–water partition coefficient (Wildman–Crippen LogP) is 2.35. The van der Waals surface area contributed by atoms with Crippen LogP contribution in [0.3, 0.4) is 0 Å². The molecule has 0 saturated carbocycles. The molecule has 0 radical (unpaired) electrons. The van der Waals surface area contributed by atoms with Crippen molar-refractivity contribution in [2.75, 3.05) is 6.54 Å². The number of carbonyl (C=O) groups is 1. The number of ether oxygens (including phenoxy) is 1. The Morgan fingerprint density at radius 1 is 1.43 bits per heavy atom. The summed E-state index contributed by atoms with van der Waals surface area (Å²) in [5.74, 6) is -0.268. The van der Waals surface area contributed by atoms with Gasteiger partial charge in [0, 0.05) is 6.54 Å². The van der Waals surface area contributed by atoms with E-state index in [1.54, 1.807) is 19.1 Å². The Kier molecular flexibility index (Phi) is 6.08. The van der Waals surface area contributed by atoms with Gasteiger partial charge in [0.05, 0.1) is 12.0 Å². The lowest BCUT2D eigenvalue weighted by Crippen LogP contribution is -2.44. The lowest BCUT2D eigenvalue weighted by Gasteiger charge is -2.27. The first-order valence-electron chi connectivity index (χ1n) is 6.73. The second kappa shape index (κ2) is 7.36. The number of hydrogen-bond donors (Lipinski definition) is 2. The van der Waals surface area contributed by atoms with Gasteiger partial charge in [0.1, 0.15) is 5.75 Å². The first-order chi connectivity index (χ1) is 9.70. The number of alkyl halides is 2. The maximum Gasteiger partial charge on any atom is 0.387 e. The molecule has 0 aromatic heterocycles. The van der Waals surface area contributed by atoms with E-state index >= 15 is 0 Å². The number of hydrogen-bond acceptors (Lipinski definition) is 3. The Bertz CT molecular complexity index is 476. The zero-order chi connectivity index (χ0) is 16.0. The van der Waals surface area contributed by atoms with Crippen LogP contribution in [0.4, 0.5) is 8.78 Å². The molecule has 21 heavy (non-hydrogen) atoms. The van der Waals surface area contributed by atoms with Gasteiger partial charge in [-0.25, -0.2) is 0 Å². The van der Waals surface area contributed by atoms with E-state index in [0.29, 0.717) is 5.56 Å². The maximum atomic E-state index is 12.1. The van der Waals surface area contributed by atoms with E-state index in [4.69, 9.17) is 0 Å². The van der Waals surface area contributed by atoms with Gasteiger partial charge in [0.2, 0.25) is 5.91 Å². The summed E-state index contributed by atoms with van der Waals surface area (Å²) >= 11 is 0. The molecule has 0 saturated heterocycles. The van der Waals surface area contributed by atoms with E-state index in [9.17, 15) is 18.7 Å². The van der Waals surface area contributed by atoms with Gasteiger partial charge in [-0.05, 0) is 30.5 Å². The molecule has 0 heterocycles. The molecule has 1 unspecified atom stereocenters. The van der Waals surface area contributed by atoms with Gasteiger partial charge >= 0.3 is 6.61 Å². The van der Waals surface area contributed by atoms with E-state index in [1.807, 2.05) is 13.8 Å². The number of nitrogens with one attached hydrogen (secondary N) is 1. The Morgan fingerprint density at radius 2 is 2.10 bits per heavy atom. The number of amides is 1. The van der Waals surface area contributed by atoms with Crippen LogP contribution in [-0.4, -0.2) is 29.8 Å².